The number of nitrogens with one attached hydrogen (secondary N) is 2. The lowest BCUT2D eigenvalue weighted by Crippen LogP contribution is -2.08. The van der Waals surface area contributed by atoms with E-state index in [9.17, 15) is 9.59 Å². The van der Waals surface area contributed by atoms with Crippen LogP contribution in [-0.4, -0.2) is 15.0 Å². The Bertz CT molecular complexity index is 965. The summed E-state index contributed by atoms with van der Waals surface area (Å²) in [6.07, 6.45) is 0. The molecule has 2 N–H and O–H groups in total. The highest BCUT2D eigenvalue weighted by Crippen LogP contribution is 2.19. The Morgan fingerprint density at radius 2 is 2.00 bits per heavy atom. The number of rotatable bonds is 3. The SMILES string of the molecule is Cc1cc(=O)[nH]c(SCc2cc(=O)c3cc(Cl)ccc3[nH]2)n1. The second kappa shape index (κ2) is 5.98. The van der Waals surface area contributed by atoms with Gasteiger partial charge in [0.05, 0.1) is 0 Å². The lowest BCUT2D eigenvalue weighted by Gasteiger charge is -2.05. The predicted molar refractivity (Wildman–Crippen MR) is 88.7 cm³/mol. The van der Waals surface area contributed by atoms with E-state index in [-0.39, 0.29) is 11.0 Å². The van der Waals surface area contributed by atoms with Gasteiger partial charge in [-0.25, -0.2) is 4.98 Å². The Hall–Kier alpha value is -2.05. The summed E-state index contributed by atoms with van der Waals surface area (Å²) in [6.45, 7) is 1.76. The maximum absolute atomic E-state index is 12.1. The minimum atomic E-state index is -0.184. The van der Waals surface area contributed by atoms with Gasteiger partial charge in [-0.05, 0) is 25.1 Å². The smallest absolute Gasteiger partial charge is 0.251 e. The van der Waals surface area contributed by atoms with E-state index in [1.54, 1.807) is 31.2 Å². The van der Waals surface area contributed by atoms with Crippen molar-refractivity contribution in [3.8, 4) is 0 Å². The standard InChI is InChI=1S/C15H12ClN3O2S/c1-8-4-14(21)19-15(17-8)22-7-10-6-13(20)11-5-9(16)2-3-12(11)18-10/h2-6H,7H2,1H3,(H,18,20)(H,17,19,21). The number of nitrogens with zero attached hydrogens (tertiary/aromatic N) is 1. The Labute approximate surface area is 134 Å². The summed E-state index contributed by atoms with van der Waals surface area (Å²) in [6, 6.07) is 8.13. The Balaban J connectivity index is 1.89. The largest absolute Gasteiger partial charge is 0.357 e. The molecule has 0 unspecified atom stereocenters. The fourth-order valence-corrected chi connectivity index (χ4v) is 3.12. The number of aromatic amines is 2. The monoisotopic (exact) mass is 333 g/mol. The van der Waals surface area contributed by atoms with Crippen molar-refractivity contribution in [3.05, 3.63) is 67.3 Å². The second-order valence-electron chi connectivity index (χ2n) is 4.83. The second-order valence-corrected chi connectivity index (χ2v) is 6.23. The van der Waals surface area contributed by atoms with Crippen molar-refractivity contribution in [2.45, 2.75) is 17.8 Å². The van der Waals surface area contributed by atoms with Crippen molar-refractivity contribution >= 4 is 34.3 Å². The zero-order valence-corrected chi connectivity index (χ0v) is 13.2. The first-order valence-electron chi connectivity index (χ1n) is 6.53. The van der Waals surface area contributed by atoms with Crippen LogP contribution < -0.4 is 11.0 Å². The van der Waals surface area contributed by atoms with E-state index in [0.717, 1.165) is 11.2 Å². The molecule has 0 bridgehead atoms. The topological polar surface area (TPSA) is 78.6 Å². The number of aromatic nitrogens is 3. The highest BCUT2D eigenvalue weighted by Gasteiger charge is 2.05. The average Bonchev–Trinajstić information content (AvgIpc) is 2.45. The zero-order valence-electron chi connectivity index (χ0n) is 11.6. The first-order valence-corrected chi connectivity index (χ1v) is 7.90. The van der Waals surface area contributed by atoms with E-state index in [1.165, 1.54) is 17.8 Å². The number of aryl methyl sites for hydroxylation is 1. The molecule has 0 radical (unpaired) electrons. The number of fused-ring (bicyclic) bond motifs is 1. The van der Waals surface area contributed by atoms with Gasteiger partial charge in [-0.3, -0.25) is 9.59 Å². The van der Waals surface area contributed by atoms with Gasteiger partial charge in [-0.2, -0.15) is 0 Å². The van der Waals surface area contributed by atoms with Crippen LogP contribution in [0.5, 0.6) is 0 Å². The highest BCUT2D eigenvalue weighted by molar-refractivity contribution is 7.98. The fourth-order valence-electron chi connectivity index (χ4n) is 2.12. The third-order valence-electron chi connectivity index (χ3n) is 3.06. The van der Waals surface area contributed by atoms with Crippen LogP contribution in [0.4, 0.5) is 0 Å². The molecule has 5 nitrogen and oxygen atoms in total. The number of hydrogen-bond acceptors (Lipinski definition) is 4. The Morgan fingerprint density at radius 3 is 2.77 bits per heavy atom. The van der Waals surface area contributed by atoms with E-state index in [2.05, 4.69) is 15.0 Å². The van der Waals surface area contributed by atoms with Crippen LogP contribution in [0.3, 0.4) is 0 Å². The highest BCUT2D eigenvalue weighted by atomic mass is 35.5. The van der Waals surface area contributed by atoms with Crippen LogP contribution >= 0.6 is 23.4 Å². The molecule has 7 heteroatoms. The van der Waals surface area contributed by atoms with Gasteiger partial charge in [0, 0.05) is 45.2 Å². The molecule has 0 aliphatic carbocycles. The van der Waals surface area contributed by atoms with Gasteiger partial charge >= 0.3 is 0 Å². The van der Waals surface area contributed by atoms with E-state index in [1.807, 2.05) is 0 Å². The van der Waals surface area contributed by atoms with Crippen molar-refractivity contribution in [2.24, 2.45) is 0 Å². The Kier molecular flexibility index (Phi) is 4.04. The normalized spacial score (nSPS) is 11.0. The maximum atomic E-state index is 12.1. The summed E-state index contributed by atoms with van der Waals surface area (Å²) < 4.78 is 0. The van der Waals surface area contributed by atoms with Gasteiger partial charge in [-0.1, -0.05) is 23.4 Å². The number of H-pyrrole nitrogens is 2. The lowest BCUT2D eigenvalue weighted by molar-refractivity contribution is 0.904. The van der Waals surface area contributed by atoms with Crippen molar-refractivity contribution in [1.29, 1.82) is 0 Å². The first-order chi connectivity index (χ1) is 10.5. The number of hydrogen-bond donors (Lipinski definition) is 2. The van der Waals surface area contributed by atoms with Crippen molar-refractivity contribution in [3.63, 3.8) is 0 Å². The molecule has 112 valence electrons. The van der Waals surface area contributed by atoms with Crippen molar-refractivity contribution < 1.29 is 0 Å². The molecule has 0 amide bonds. The summed E-state index contributed by atoms with van der Waals surface area (Å²) in [5.41, 5.74) is 1.88. The molecule has 0 spiro atoms. The number of halogens is 1. The molecule has 2 aromatic heterocycles. The summed E-state index contributed by atoms with van der Waals surface area (Å²) in [5, 5.41) is 1.62. The third kappa shape index (κ3) is 3.23. The minimum Gasteiger partial charge on any atom is -0.357 e. The molecule has 3 aromatic rings. The van der Waals surface area contributed by atoms with Gasteiger partial charge in [0.2, 0.25) is 0 Å². The quantitative estimate of drug-likeness (QED) is 0.570. The molecule has 0 atom stereocenters. The van der Waals surface area contributed by atoms with Crippen LogP contribution in [0.25, 0.3) is 10.9 Å². The van der Waals surface area contributed by atoms with Gasteiger partial charge in [0.15, 0.2) is 10.6 Å². The summed E-state index contributed by atoms with van der Waals surface area (Å²) >= 11 is 7.26. The molecular weight excluding hydrogens is 322 g/mol. The predicted octanol–water partition coefficient (Wildman–Crippen LogP) is 2.87. The van der Waals surface area contributed by atoms with Crippen LogP contribution in [0.1, 0.15) is 11.4 Å². The summed E-state index contributed by atoms with van der Waals surface area (Å²) in [5.74, 6) is 0.500. The average molecular weight is 334 g/mol. The minimum absolute atomic E-state index is 0.0856. The van der Waals surface area contributed by atoms with Crippen molar-refractivity contribution in [1.82, 2.24) is 15.0 Å². The summed E-state index contributed by atoms with van der Waals surface area (Å²) in [7, 11) is 0. The van der Waals surface area contributed by atoms with Crippen LogP contribution in [0, 0.1) is 6.92 Å². The zero-order chi connectivity index (χ0) is 15.7. The molecule has 1 aromatic carbocycles. The fraction of sp³-hybridized carbons (Fsp3) is 0.133. The maximum Gasteiger partial charge on any atom is 0.251 e. The number of pyridine rings is 1. The molecular formula is C15H12ClN3O2S. The van der Waals surface area contributed by atoms with Gasteiger partial charge < -0.3 is 9.97 Å². The number of benzene rings is 1. The lowest BCUT2D eigenvalue weighted by atomic mass is 10.2. The molecule has 2 heterocycles. The van der Waals surface area contributed by atoms with E-state index < -0.39 is 0 Å². The van der Waals surface area contributed by atoms with Gasteiger partial charge in [-0.15, -0.1) is 0 Å². The van der Waals surface area contributed by atoms with E-state index >= 15 is 0 Å². The van der Waals surface area contributed by atoms with Crippen LogP contribution in [-0.2, 0) is 5.75 Å². The number of thioether (sulfide) groups is 1. The van der Waals surface area contributed by atoms with Crippen molar-refractivity contribution in [2.75, 3.05) is 0 Å². The molecule has 0 aliphatic rings. The van der Waals surface area contributed by atoms with Crippen LogP contribution in [0.2, 0.25) is 5.02 Å². The molecule has 3 rings (SSSR count). The molecule has 0 aliphatic heterocycles. The van der Waals surface area contributed by atoms with Gasteiger partial charge in [0.25, 0.3) is 5.56 Å². The van der Waals surface area contributed by atoms with Gasteiger partial charge in [0.1, 0.15) is 0 Å². The Morgan fingerprint density at radius 1 is 1.18 bits per heavy atom. The molecule has 0 saturated heterocycles. The van der Waals surface area contributed by atoms with E-state index in [0.29, 0.717) is 27.0 Å². The molecule has 22 heavy (non-hydrogen) atoms. The van der Waals surface area contributed by atoms with E-state index in [4.69, 9.17) is 11.6 Å². The van der Waals surface area contributed by atoms with Crippen LogP contribution in [0.15, 0.2) is 45.1 Å². The third-order valence-corrected chi connectivity index (χ3v) is 4.22. The first kappa shape index (κ1) is 14.9. The molecule has 0 fully saturated rings. The molecule has 0 saturated carbocycles. The summed E-state index contributed by atoms with van der Waals surface area (Å²) in [4.78, 5) is 33.6.